The predicted octanol–water partition coefficient (Wildman–Crippen LogP) is 1.75. The fraction of sp³-hybridized carbons (Fsp3) is 0.500. The third-order valence-electron chi connectivity index (χ3n) is 2.16. The lowest BCUT2D eigenvalue weighted by atomic mass is 9.92. The number of nitrogens with zero attached hydrogens (tertiary/aromatic N) is 1. The van der Waals surface area contributed by atoms with Gasteiger partial charge >= 0.3 is 0 Å². The molecule has 12 heavy (non-hydrogen) atoms. The molecule has 1 aromatic rings. The molecule has 2 N–H and O–H groups in total. The van der Waals surface area contributed by atoms with Gasteiger partial charge in [0.05, 0.1) is 0 Å². The summed E-state index contributed by atoms with van der Waals surface area (Å²) in [4.78, 5) is 3.96. The van der Waals surface area contributed by atoms with Crippen molar-refractivity contribution in [3.63, 3.8) is 0 Å². The van der Waals surface area contributed by atoms with E-state index in [1.807, 2.05) is 12.1 Å². The first-order chi connectivity index (χ1) is 5.64. The first kappa shape index (κ1) is 9.20. The maximum absolute atomic E-state index is 6.03. The summed E-state index contributed by atoms with van der Waals surface area (Å²) in [7, 11) is 0. The molecule has 1 aromatic heterocycles. The SMILES string of the molecule is CCC(C)(N)Cc1ccncc1. The highest BCUT2D eigenvalue weighted by Crippen LogP contribution is 2.12. The highest BCUT2D eigenvalue weighted by Gasteiger charge is 2.15. The molecule has 2 heteroatoms. The zero-order chi connectivity index (χ0) is 9.03. The third kappa shape index (κ3) is 2.62. The van der Waals surface area contributed by atoms with Crippen molar-refractivity contribution in [2.24, 2.45) is 5.73 Å². The lowest BCUT2D eigenvalue weighted by Crippen LogP contribution is -2.37. The van der Waals surface area contributed by atoms with Crippen LogP contribution < -0.4 is 5.73 Å². The van der Waals surface area contributed by atoms with Crippen molar-refractivity contribution in [1.29, 1.82) is 0 Å². The Kier molecular flexibility index (Phi) is 2.82. The molecule has 1 unspecified atom stereocenters. The molecule has 0 radical (unpaired) electrons. The van der Waals surface area contributed by atoms with Gasteiger partial charge in [0, 0.05) is 17.9 Å². The number of aromatic nitrogens is 1. The van der Waals surface area contributed by atoms with Crippen LogP contribution in [0.25, 0.3) is 0 Å². The van der Waals surface area contributed by atoms with Crippen LogP contribution in [0.5, 0.6) is 0 Å². The van der Waals surface area contributed by atoms with Crippen LogP contribution in [0.4, 0.5) is 0 Å². The van der Waals surface area contributed by atoms with Crippen LogP contribution in [0.3, 0.4) is 0 Å². The molecule has 2 nitrogen and oxygen atoms in total. The van der Waals surface area contributed by atoms with Crippen molar-refractivity contribution in [3.8, 4) is 0 Å². The van der Waals surface area contributed by atoms with Gasteiger partial charge < -0.3 is 5.73 Å². The molecule has 0 saturated carbocycles. The van der Waals surface area contributed by atoms with Gasteiger partial charge in [-0.1, -0.05) is 6.92 Å². The topological polar surface area (TPSA) is 38.9 Å². The second kappa shape index (κ2) is 3.68. The summed E-state index contributed by atoms with van der Waals surface area (Å²) in [6.07, 6.45) is 5.53. The minimum atomic E-state index is -0.0820. The smallest absolute Gasteiger partial charge is 0.0270 e. The van der Waals surface area contributed by atoms with E-state index in [0.717, 1.165) is 12.8 Å². The van der Waals surface area contributed by atoms with Crippen molar-refractivity contribution >= 4 is 0 Å². The number of pyridine rings is 1. The van der Waals surface area contributed by atoms with Gasteiger partial charge in [0.2, 0.25) is 0 Å². The summed E-state index contributed by atoms with van der Waals surface area (Å²) in [6, 6.07) is 4.03. The van der Waals surface area contributed by atoms with E-state index in [0.29, 0.717) is 0 Å². The van der Waals surface area contributed by atoms with Crippen LogP contribution in [0, 0.1) is 0 Å². The van der Waals surface area contributed by atoms with Crippen molar-refractivity contribution in [1.82, 2.24) is 4.98 Å². The Morgan fingerprint density at radius 3 is 2.50 bits per heavy atom. The summed E-state index contributed by atoms with van der Waals surface area (Å²) >= 11 is 0. The molecular weight excluding hydrogens is 148 g/mol. The molecule has 0 saturated heterocycles. The van der Waals surface area contributed by atoms with Gasteiger partial charge in [0.15, 0.2) is 0 Å². The fourth-order valence-electron chi connectivity index (χ4n) is 1.09. The third-order valence-corrected chi connectivity index (χ3v) is 2.16. The molecule has 0 aromatic carbocycles. The van der Waals surface area contributed by atoms with Gasteiger partial charge in [-0.15, -0.1) is 0 Å². The Hall–Kier alpha value is -0.890. The number of hydrogen-bond donors (Lipinski definition) is 1. The summed E-state index contributed by atoms with van der Waals surface area (Å²) < 4.78 is 0. The molecule has 0 fully saturated rings. The molecule has 1 rings (SSSR count). The maximum atomic E-state index is 6.03. The van der Waals surface area contributed by atoms with Crippen LogP contribution in [0.2, 0.25) is 0 Å². The van der Waals surface area contributed by atoms with Gasteiger partial charge in [-0.25, -0.2) is 0 Å². The number of rotatable bonds is 3. The minimum absolute atomic E-state index is 0.0820. The monoisotopic (exact) mass is 164 g/mol. The van der Waals surface area contributed by atoms with Gasteiger partial charge in [0.1, 0.15) is 0 Å². The average molecular weight is 164 g/mol. The van der Waals surface area contributed by atoms with E-state index in [9.17, 15) is 0 Å². The van der Waals surface area contributed by atoms with E-state index >= 15 is 0 Å². The minimum Gasteiger partial charge on any atom is -0.325 e. The lowest BCUT2D eigenvalue weighted by Gasteiger charge is -2.22. The molecule has 0 spiro atoms. The van der Waals surface area contributed by atoms with Crippen molar-refractivity contribution in [2.75, 3.05) is 0 Å². The number of nitrogens with two attached hydrogens (primary N) is 1. The second-order valence-electron chi connectivity index (χ2n) is 3.54. The Labute approximate surface area is 73.8 Å². The normalized spacial score (nSPS) is 15.6. The largest absolute Gasteiger partial charge is 0.325 e. The first-order valence-electron chi connectivity index (χ1n) is 4.32. The van der Waals surface area contributed by atoms with Crippen LogP contribution in [0.1, 0.15) is 25.8 Å². The van der Waals surface area contributed by atoms with Crippen LogP contribution in [0.15, 0.2) is 24.5 Å². The highest BCUT2D eigenvalue weighted by molar-refractivity contribution is 5.13. The molecule has 66 valence electrons. The first-order valence-corrected chi connectivity index (χ1v) is 4.32. The van der Waals surface area contributed by atoms with Crippen LogP contribution >= 0.6 is 0 Å². The van der Waals surface area contributed by atoms with Crippen molar-refractivity contribution in [2.45, 2.75) is 32.2 Å². The molecule has 1 atom stereocenters. The molecule has 0 aliphatic carbocycles. The summed E-state index contributed by atoms with van der Waals surface area (Å²) in [5, 5.41) is 0. The van der Waals surface area contributed by atoms with E-state index in [4.69, 9.17) is 5.73 Å². The zero-order valence-corrected chi connectivity index (χ0v) is 7.75. The van der Waals surface area contributed by atoms with Gasteiger partial charge in [-0.2, -0.15) is 0 Å². The molecule has 0 amide bonds. The Bertz CT molecular complexity index is 229. The molecule has 0 aliphatic rings. The van der Waals surface area contributed by atoms with E-state index in [2.05, 4.69) is 18.8 Å². The van der Waals surface area contributed by atoms with E-state index < -0.39 is 0 Å². The average Bonchev–Trinajstić information content (AvgIpc) is 2.06. The van der Waals surface area contributed by atoms with Gasteiger partial charge in [-0.3, -0.25) is 4.98 Å². The Morgan fingerprint density at radius 2 is 2.00 bits per heavy atom. The zero-order valence-electron chi connectivity index (χ0n) is 7.75. The van der Waals surface area contributed by atoms with Crippen molar-refractivity contribution < 1.29 is 0 Å². The van der Waals surface area contributed by atoms with E-state index in [1.165, 1.54) is 5.56 Å². The quantitative estimate of drug-likeness (QED) is 0.739. The molecular formula is C10H16N2. The predicted molar refractivity (Wildman–Crippen MR) is 50.8 cm³/mol. The molecule has 0 bridgehead atoms. The van der Waals surface area contributed by atoms with E-state index in [-0.39, 0.29) is 5.54 Å². The summed E-state index contributed by atoms with van der Waals surface area (Å²) in [6.45, 7) is 4.19. The summed E-state index contributed by atoms with van der Waals surface area (Å²) in [5.41, 5.74) is 7.21. The Morgan fingerprint density at radius 1 is 1.42 bits per heavy atom. The van der Waals surface area contributed by atoms with Crippen LogP contribution in [-0.4, -0.2) is 10.5 Å². The molecule has 0 aliphatic heterocycles. The molecule has 1 heterocycles. The van der Waals surface area contributed by atoms with Gasteiger partial charge in [0.25, 0.3) is 0 Å². The lowest BCUT2D eigenvalue weighted by molar-refractivity contribution is 0.450. The van der Waals surface area contributed by atoms with E-state index in [1.54, 1.807) is 12.4 Å². The highest BCUT2D eigenvalue weighted by atomic mass is 14.7. The standard InChI is InChI=1S/C10H16N2/c1-3-10(2,11)8-9-4-6-12-7-5-9/h4-7H,3,8,11H2,1-2H3. The van der Waals surface area contributed by atoms with Gasteiger partial charge in [-0.05, 0) is 37.5 Å². The Balaban J connectivity index is 2.64. The number of hydrogen-bond acceptors (Lipinski definition) is 2. The second-order valence-corrected chi connectivity index (χ2v) is 3.54. The van der Waals surface area contributed by atoms with Crippen molar-refractivity contribution in [3.05, 3.63) is 30.1 Å². The summed E-state index contributed by atoms with van der Waals surface area (Å²) in [5.74, 6) is 0. The van der Waals surface area contributed by atoms with Crippen LogP contribution in [-0.2, 0) is 6.42 Å². The maximum Gasteiger partial charge on any atom is 0.0270 e. The fourth-order valence-corrected chi connectivity index (χ4v) is 1.09.